The predicted octanol–water partition coefficient (Wildman–Crippen LogP) is -7.25. The molecule has 0 radical (unpaired) electrons. The molecule has 12 nitrogen and oxygen atoms in total. The van der Waals surface area contributed by atoms with E-state index in [0.29, 0.717) is 0 Å². The van der Waals surface area contributed by atoms with Gasteiger partial charge >= 0.3 is 10.4 Å². The van der Waals surface area contributed by atoms with Crippen LogP contribution in [0.25, 0.3) is 0 Å². The molecule has 0 aliphatic heterocycles. The second-order valence-electron chi connectivity index (χ2n) is 0.448. The standard InChI is InChI=1S/Cd.H2O4S.8H2O/c;1-5(2,3)4;;;;;;;;/h;(H2,1,2,3,4);8*1H2. The summed E-state index contributed by atoms with van der Waals surface area (Å²) in [4.78, 5) is 0. The maximum atomic E-state index is 8.74. The second kappa shape index (κ2) is 50.0. The molecule has 0 bridgehead atoms. The van der Waals surface area contributed by atoms with Crippen molar-refractivity contribution in [2.24, 2.45) is 0 Å². The number of rotatable bonds is 0. The van der Waals surface area contributed by atoms with E-state index in [4.69, 9.17) is 17.5 Å². The van der Waals surface area contributed by atoms with E-state index in [0.717, 1.165) is 0 Å². The molecule has 0 aliphatic carbocycles. The Hall–Kier alpha value is 0.472. The summed E-state index contributed by atoms with van der Waals surface area (Å²) < 4.78 is 31.6. The molecular formula is H18CdO12S. The molecule has 0 spiro atoms. The SMILES string of the molecule is O.O.O.O.O.O.O.O.O=S(=O)(O)O.[Cd]. The minimum atomic E-state index is -4.67. The first-order valence-corrected chi connectivity index (χ1v) is 2.10. The largest absolute Gasteiger partial charge is 0.412 e. The first-order chi connectivity index (χ1) is 2.00. The molecule has 0 aliphatic rings. The topological polar surface area (TPSA) is 327 Å². The fraction of sp³-hybridized carbons (Fsp3) is 0. The molecule has 18 N–H and O–H groups in total. The van der Waals surface area contributed by atoms with Gasteiger partial charge < -0.3 is 43.8 Å². The summed E-state index contributed by atoms with van der Waals surface area (Å²) in [6, 6.07) is 0. The van der Waals surface area contributed by atoms with Crippen molar-refractivity contribution in [3.63, 3.8) is 0 Å². The smallest absolute Gasteiger partial charge is 0.394 e. The van der Waals surface area contributed by atoms with Crippen molar-refractivity contribution in [1.82, 2.24) is 0 Å². The van der Waals surface area contributed by atoms with Gasteiger partial charge in [-0.3, -0.25) is 9.11 Å². The zero-order chi connectivity index (χ0) is 4.50. The molecule has 0 unspecified atom stereocenters. The zero-order valence-electron chi connectivity index (χ0n) is 6.83. The van der Waals surface area contributed by atoms with Gasteiger partial charge in [-0.05, 0) is 0 Å². The summed E-state index contributed by atoms with van der Waals surface area (Å²) in [7, 11) is -4.67. The third-order valence-electron chi connectivity index (χ3n) is 0. The summed E-state index contributed by atoms with van der Waals surface area (Å²) >= 11 is 0. The first kappa shape index (κ1) is 131. The molecule has 0 aromatic heterocycles. The van der Waals surface area contributed by atoms with Crippen LogP contribution in [0, 0.1) is 0 Å². The van der Waals surface area contributed by atoms with E-state index >= 15 is 0 Å². The van der Waals surface area contributed by atoms with Crippen LogP contribution in [0.2, 0.25) is 0 Å². The summed E-state index contributed by atoms with van der Waals surface area (Å²) in [5.41, 5.74) is 0. The molecule has 0 aromatic carbocycles. The Bertz CT molecular complexity index is 93.5. The van der Waals surface area contributed by atoms with E-state index in [1.165, 1.54) is 0 Å². The van der Waals surface area contributed by atoms with E-state index in [2.05, 4.69) is 0 Å². The number of hydrogen-bond acceptors (Lipinski definition) is 2. The van der Waals surface area contributed by atoms with E-state index in [9.17, 15) is 0 Å². The Kier molecular flexibility index (Phi) is 469. The van der Waals surface area contributed by atoms with E-state index in [1.807, 2.05) is 0 Å². The quantitative estimate of drug-likeness (QED) is 0.315. The van der Waals surface area contributed by atoms with Crippen LogP contribution < -0.4 is 0 Å². The molecule has 14 heteroatoms. The molecule has 0 heterocycles. The van der Waals surface area contributed by atoms with Crippen molar-refractivity contribution in [1.29, 1.82) is 0 Å². The van der Waals surface area contributed by atoms with Crippen LogP contribution in [-0.4, -0.2) is 61.3 Å². The predicted molar refractivity (Wildman–Crippen MR) is 43.1 cm³/mol. The van der Waals surface area contributed by atoms with Crippen molar-refractivity contribution < 1.29 is 88.6 Å². The van der Waals surface area contributed by atoms with Crippen molar-refractivity contribution in [2.75, 3.05) is 0 Å². The third-order valence-corrected chi connectivity index (χ3v) is 0. The van der Waals surface area contributed by atoms with E-state index < -0.39 is 10.4 Å². The van der Waals surface area contributed by atoms with Crippen LogP contribution in [0.1, 0.15) is 0 Å². The fourth-order valence-electron chi connectivity index (χ4n) is 0. The molecule has 0 rings (SSSR count). The Morgan fingerprint density at radius 3 is 0.571 bits per heavy atom. The average molecular weight is 355 g/mol. The van der Waals surface area contributed by atoms with Crippen molar-refractivity contribution in [2.45, 2.75) is 0 Å². The van der Waals surface area contributed by atoms with Gasteiger partial charge in [-0.2, -0.15) is 8.42 Å². The Balaban J connectivity index is -0.00000000222. The summed E-state index contributed by atoms with van der Waals surface area (Å²) in [6.07, 6.45) is 0. The van der Waals surface area contributed by atoms with Crippen molar-refractivity contribution in [3.05, 3.63) is 0 Å². The van der Waals surface area contributed by atoms with Crippen LogP contribution in [0.15, 0.2) is 0 Å². The zero-order valence-corrected chi connectivity index (χ0v) is 11.7. The summed E-state index contributed by atoms with van der Waals surface area (Å²) in [6.45, 7) is 0. The number of hydrogen-bond donors (Lipinski definition) is 2. The molecule has 98 valence electrons. The average Bonchev–Trinajstić information content (AvgIpc) is 0.722. The Morgan fingerprint density at radius 2 is 0.571 bits per heavy atom. The van der Waals surface area contributed by atoms with Gasteiger partial charge in [-0.25, -0.2) is 0 Å². The van der Waals surface area contributed by atoms with Crippen LogP contribution in [0.4, 0.5) is 0 Å². The maximum Gasteiger partial charge on any atom is 0.394 e. The monoisotopic (exact) mass is 356 g/mol. The third kappa shape index (κ3) is 7370. The van der Waals surface area contributed by atoms with Gasteiger partial charge in [0.05, 0.1) is 0 Å². The Morgan fingerprint density at radius 1 is 0.571 bits per heavy atom. The van der Waals surface area contributed by atoms with Gasteiger partial charge in [0.2, 0.25) is 0 Å². The molecule has 0 fully saturated rings. The maximum absolute atomic E-state index is 8.74. The van der Waals surface area contributed by atoms with Crippen LogP contribution >= 0.6 is 0 Å². The minimum Gasteiger partial charge on any atom is -0.412 e. The van der Waals surface area contributed by atoms with Gasteiger partial charge in [0.15, 0.2) is 0 Å². The summed E-state index contributed by atoms with van der Waals surface area (Å²) in [5.74, 6) is 0. The molecule has 0 aromatic rings. The first-order valence-electron chi connectivity index (χ1n) is 0.698. The summed E-state index contributed by atoms with van der Waals surface area (Å²) in [5, 5.41) is 0. The molecule has 0 saturated heterocycles. The van der Waals surface area contributed by atoms with Gasteiger partial charge in [-0.1, -0.05) is 0 Å². The molecule has 0 atom stereocenters. The van der Waals surface area contributed by atoms with Gasteiger partial charge in [0.25, 0.3) is 0 Å². The molecule has 0 amide bonds. The van der Waals surface area contributed by atoms with Crippen LogP contribution in [0.5, 0.6) is 0 Å². The fourth-order valence-corrected chi connectivity index (χ4v) is 0. The van der Waals surface area contributed by atoms with Crippen molar-refractivity contribution >= 4 is 10.4 Å². The molecular weight excluding hydrogens is 336 g/mol. The van der Waals surface area contributed by atoms with E-state index in [1.54, 1.807) is 0 Å². The minimum absolute atomic E-state index is 0. The van der Waals surface area contributed by atoms with Gasteiger partial charge in [-0.15, -0.1) is 0 Å². The molecule has 14 heavy (non-hydrogen) atoms. The van der Waals surface area contributed by atoms with Gasteiger partial charge in [0.1, 0.15) is 0 Å². The van der Waals surface area contributed by atoms with Crippen LogP contribution in [0.3, 0.4) is 0 Å². The normalized spacial score (nSPS) is 4.14. The van der Waals surface area contributed by atoms with Crippen LogP contribution in [-0.2, 0) is 37.7 Å². The second-order valence-corrected chi connectivity index (χ2v) is 1.34. The molecule has 0 saturated carbocycles. The van der Waals surface area contributed by atoms with Gasteiger partial charge in [0, 0.05) is 27.3 Å². The van der Waals surface area contributed by atoms with E-state index in [-0.39, 0.29) is 71.1 Å². The Labute approximate surface area is 99.1 Å². The van der Waals surface area contributed by atoms with Crippen molar-refractivity contribution in [3.8, 4) is 0 Å².